The Morgan fingerprint density at radius 2 is 1.71 bits per heavy atom. The van der Waals surface area contributed by atoms with Gasteiger partial charge in [0.2, 0.25) is 5.95 Å². The van der Waals surface area contributed by atoms with E-state index in [0.717, 1.165) is 17.7 Å². The number of anilines is 1. The molecule has 21 heavy (non-hydrogen) atoms. The average molecular weight is 286 g/mol. The molecule has 0 bridgehead atoms. The third-order valence-electron chi connectivity index (χ3n) is 2.90. The summed E-state index contributed by atoms with van der Waals surface area (Å²) in [5.41, 5.74) is 2.33. The molecule has 6 heteroatoms. The highest BCUT2D eigenvalue weighted by atomic mass is 16.4. The normalized spacial score (nSPS) is 10.3. The fraction of sp³-hybridized carbons (Fsp3) is 0.267. The van der Waals surface area contributed by atoms with Gasteiger partial charge in [0, 0.05) is 37.6 Å². The van der Waals surface area contributed by atoms with Gasteiger partial charge in [0.15, 0.2) is 0 Å². The van der Waals surface area contributed by atoms with Crippen molar-refractivity contribution in [2.45, 2.75) is 20.0 Å². The highest BCUT2D eigenvalue weighted by Gasteiger charge is 2.02. The van der Waals surface area contributed by atoms with E-state index in [1.165, 1.54) is 0 Å². The Kier molecular flexibility index (Phi) is 5.22. The van der Waals surface area contributed by atoms with Gasteiger partial charge >= 0.3 is 5.97 Å². The van der Waals surface area contributed by atoms with Gasteiger partial charge < -0.3 is 15.7 Å². The van der Waals surface area contributed by atoms with Gasteiger partial charge in [-0.1, -0.05) is 12.1 Å². The molecule has 0 aliphatic heterocycles. The summed E-state index contributed by atoms with van der Waals surface area (Å²) < 4.78 is 0. The fourth-order valence-corrected chi connectivity index (χ4v) is 1.81. The molecule has 0 aliphatic carbocycles. The van der Waals surface area contributed by atoms with Crippen molar-refractivity contribution in [2.75, 3.05) is 11.9 Å². The summed E-state index contributed by atoms with van der Waals surface area (Å²) >= 11 is 0. The highest BCUT2D eigenvalue weighted by molar-refractivity contribution is 5.87. The third kappa shape index (κ3) is 4.54. The molecule has 0 unspecified atom stereocenters. The number of nitrogens with one attached hydrogen (secondary N) is 2. The summed E-state index contributed by atoms with van der Waals surface area (Å²) in [5, 5.41) is 15.1. The standard InChI is InChI=1S/C15H18N4O2/c1-2-17-15-18-9-12(10-19-15)8-16-7-11-3-5-13(6-4-11)14(20)21/h3-6,9-10,16H,2,7-8H2,1H3,(H,20,21)(H,17,18,19). The highest BCUT2D eigenvalue weighted by Crippen LogP contribution is 2.05. The van der Waals surface area contributed by atoms with E-state index in [4.69, 9.17) is 5.11 Å². The minimum Gasteiger partial charge on any atom is -0.478 e. The minimum atomic E-state index is -0.910. The van der Waals surface area contributed by atoms with Gasteiger partial charge in [0.05, 0.1) is 5.56 Å². The molecule has 1 heterocycles. The Labute approximate surface area is 123 Å². The number of nitrogens with zero attached hydrogens (tertiary/aromatic N) is 2. The molecule has 2 aromatic rings. The first-order chi connectivity index (χ1) is 10.2. The molecule has 1 aromatic carbocycles. The summed E-state index contributed by atoms with van der Waals surface area (Å²) in [4.78, 5) is 19.1. The second-order valence-electron chi connectivity index (χ2n) is 4.55. The Morgan fingerprint density at radius 1 is 1.10 bits per heavy atom. The number of carbonyl (C=O) groups is 1. The van der Waals surface area contributed by atoms with Crippen LogP contribution >= 0.6 is 0 Å². The molecule has 3 N–H and O–H groups in total. The summed E-state index contributed by atoms with van der Waals surface area (Å²) in [6.45, 7) is 4.11. The lowest BCUT2D eigenvalue weighted by atomic mass is 10.1. The van der Waals surface area contributed by atoms with Crippen molar-refractivity contribution in [2.24, 2.45) is 0 Å². The summed E-state index contributed by atoms with van der Waals surface area (Å²) in [7, 11) is 0. The number of aromatic carboxylic acids is 1. The van der Waals surface area contributed by atoms with Gasteiger partial charge in [0.1, 0.15) is 0 Å². The van der Waals surface area contributed by atoms with Crippen LogP contribution in [-0.2, 0) is 13.1 Å². The van der Waals surface area contributed by atoms with E-state index in [0.29, 0.717) is 24.6 Å². The van der Waals surface area contributed by atoms with Gasteiger partial charge in [-0.2, -0.15) is 0 Å². The van der Waals surface area contributed by atoms with Crippen molar-refractivity contribution in [1.82, 2.24) is 15.3 Å². The number of carboxylic acids is 1. The van der Waals surface area contributed by atoms with E-state index in [1.54, 1.807) is 36.7 Å². The average Bonchev–Trinajstić information content (AvgIpc) is 2.50. The summed E-state index contributed by atoms with van der Waals surface area (Å²) in [6.07, 6.45) is 3.57. The zero-order chi connectivity index (χ0) is 15.1. The van der Waals surface area contributed by atoms with Gasteiger partial charge in [-0.25, -0.2) is 14.8 Å². The van der Waals surface area contributed by atoms with Crippen molar-refractivity contribution in [3.63, 3.8) is 0 Å². The van der Waals surface area contributed by atoms with Crippen LogP contribution < -0.4 is 10.6 Å². The molecule has 0 atom stereocenters. The Morgan fingerprint density at radius 3 is 2.29 bits per heavy atom. The van der Waals surface area contributed by atoms with Crippen LogP contribution in [-0.4, -0.2) is 27.6 Å². The van der Waals surface area contributed by atoms with Crippen LogP contribution in [0.15, 0.2) is 36.7 Å². The lowest BCUT2D eigenvalue weighted by molar-refractivity contribution is 0.0697. The van der Waals surface area contributed by atoms with Gasteiger partial charge in [-0.3, -0.25) is 0 Å². The predicted octanol–water partition coefficient (Wildman–Crippen LogP) is 1.90. The molecule has 0 saturated carbocycles. The molecule has 0 radical (unpaired) electrons. The molecule has 0 fully saturated rings. The lowest BCUT2D eigenvalue weighted by Gasteiger charge is -2.06. The second kappa shape index (κ2) is 7.35. The Balaban J connectivity index is 1.82. The first-order valence-corrected chi connectivity index (χ1v) is 6.76. The predicted molar refractivity (Wildman–Crippen MR) is 80.1 cm³/mol. The van der Waals surface area contributed by atoms with Crippen LogP contribution in [0.5, 0.6) is 0 Å². The van der Waals surface area contributed by atoms with E-state index in [-0.39, 0.29) is 0 Å². The van der Waals surface area contributed by atoms with Crippen LogP contribution in [0, 0.1) is 0 Å². The molecule has 0 spiro atoms. The monoisotopic (exact) mass is 286 g/mol. The van der Waals surface area contributed by atoms with E-state index in [1.807, 2.05) is 6.92 Å². The van der Waals surface area contributed by atoms with Gasteiger partial charge in [-0.05, 0) is 24.6 Å². The number of hydrogen-bond donors (Lipinski definition) is 3. The zero-order valence-corrected chi connectivity index (χ0v) is 11.8. The molecule has 110 valence electrons. The zero-order valence-electron chi connectivity index (χ0n) is 11.8. The van der Waals surface area contributed by atoms with Crippen LogP contribution in [0.4, 0.5) is 5.95 Å². The number of benzene rings is 1. The molecular formula is C15H18N4O2. The minimum absolute atomic E-state index is 0.297. The van der Waals surface area contributed by atoms with Crippen molar-refractivity contribution < 1.29 is 9.90 Å². The van der Waals surface area contributed by atoms with Gasteiger partial charge in [-0.15, -0.1) is 0 Å². The molecule has 2 rings (SSSR count). The number of rotatable bonds is 7. The maximum absolute atomic E-state index is 10.8. The molecule has 0 amide bonds. The van der Waals surface area contributed by atoms with Crippen LogP contribution in [0.3, 0.4) is 0 Å². The topological polar surface area (TPSA) is 87.1 Å². The fourth-order valence-electron chi connectivity index (χ4n) is 1.81. The lowest BCUT2D eigenvalue weighted by Crippen LogP contribution is -2.13. The molecule has 0 aliphatic rings. The number of hydrogen-bond acceptors (Lipinski definition) is 5. The Bertz CT molecular complexity index is 582. The van der Waals surface area contributed by atoms with Crippen LogP contribution in [0.1, 0.15) is 28.4 Å². The van der Waals surface area contributed by atoms with Crippen molar-refractivity contribution >= 4 is 11.9 Å². The summed E-state index contributed by atoms with van der Waals surface area (Å²) in [6, 6.07) is 6.82. The quantitative estimate of drug-likeness (QED) is 0.720. The van der Waals surface area contributed by atoms with E-state index < -0.39 is 5.97 Å². The van der Waals surface area contributed by atoms with E-state index in [9.17, 15) is 4.79 Å². The van der Waals surface area contributed by atoms with Gasteiger partial charge in [0.25, 0.3) is 0 Å². The first kappa shape index (κ1) is 14.9. The smallest absolute Gasteiger partial charge is 0.335 e. The Hall–Kier alpha value is -2.47. The SMILES string of the molecule is CCNc1ncc(CNCc2ccc(C(=O)O)cc2)cn1. The van der Waals surface area contributed by atoms with Crippen molar-refractivity contribution in [3.05, 3.63) is 53.3 Å². The van der Waals surface area contributed by atoms with E-state index in [2.05, 4.69) is 20.6 Å². The number of carboxylic acid groups (broad SMARTS) is 1. The van der Waals surface area contributed by atoms with Crippen LogP contribution in [0.2, 0.25) is 0 Å². The maximum atomic E-state index is 10.8. The molecular weight excluding hydrogens is 268 g/mol. The largest absolute Gasteiger partial charge is 0.478 e. The van der Waals surface area contributed by atoms with Crippen molar-refractivity contribution in [3.8, 4) is 0 Å². The number of aromatic nitrogens is 2. The molecule has 0 saturated heterocycles. The summed E-state index contributed by atoms with van der Waals surface area (Å²) in [5.74, 6) is -0.280. The molecule has 6 nitrogen and oxygen atoms in total. The second-order valence-corrected chi connectivity index (χ2v) is 4.55. The van der Waals surface area contributed by atoms with Crippen molar-refractivity contribution in [1.29, 1.82) is 0 Å². The van der Waals surface area contributed by atoms with Crippen LogP contribution in [0.25, 0.3) is 0 Å². The van der Waals surface area contributed by atoms with E-state index >= 15 is 0 Å². The maximum Gasteiger partial charge on any atom is 0.335 e. The molecule has 1 aromatic heterocycles. The first-order valence-electron chi connectivity index (χ1n) is 6.76. The third-order valence-corrected chi connectivity index (χ3v) is 2.90.